The van der Waals surface area contributed by atoms with E-state index in [1.807, 2.05) is 45.9 Å². The minimum absolute atomic E-state index is 0.270. The fourth-order valence-corrected chi connectivity index (χ4v) is 3.35. The van der Waals surface area contributed by atoms with Crippen molar-refractivity contribution in [2.75, 3.05) is 38.0 Å². The zero-order valence-corrected chi connectivity index (χ0v) is 17.2. The number of nitrogens with one attached hydrogen (secondary N) is 1. The standard InChI is InChI=1S/C21H30N4O3/c1-15-5-6-17(11-16(15)2)22-20(26)18-13-28-19(23-18)12-24-7-9-25(10-8-24)14-21(3,4)27/h5-6,11,13,27H,7-10,12,14H2,1-4H3,(H,22,26). The molecule has 0 radical (unpaired) electrons. The summed E-state index contributed by atoms with van der Waals surface area (Å²) in [7, 11) is 0. The molecule has 1 aromatic heterocycles. The van der Waals surface area contributed by atoms with E-state index < -0.39 is 5.60 Å². The summed E-state index contributed by atoms with van der Waals surface area (Å²) in [5, 5.41) is 12.8. The van der Waals surface area contributed by atoms with Gasteiger partial charge in [0, 0.05) is 38.4 Å². The molecule has 1 aliphatic heterocycles. The summed E-state index contributed by atoms with van der Waals surface area (Å²) in [4.78, 5) is 21.3. The maximum absolute atomic E-state index is 12.4. The lowest BCUT2D eigenvalue weighted by atomic mass is 10.1. The number of aryl methyl sites for hydroxylation is 2. The average Bonchev–Trinajstić information content (AvgIpc) is 3.07. The fourth-order valence-electron chi connectivity index (χ4n) is 3.35. The lowest BCUT2D eigenvalue weighted by Crippen LogP contribution is -2.50. The molecule has 0 spiro atoms. The summed E-state index contributed by atoms with van der Waals surface area (Å²) in [5.74, 6) is 0.273. The molecule has 1 aliphatic rings. The highest BCUT2D eigenvalue weighted by Gasteiger charge is 2.23. The van der Waals surface area contributed by atoms with Crippen molar-refractivity contribution in [2.24, 2.45) is 0 Å². The number of aliphatic hydroxyl groups is 1. The van der Waals surface area contributed by atoms with Gasteiger partial charge < -0.3 is 14.8 Å². The van der Waals surface area contributed by atoms with Crippen molar-refractivity contribution >= 4 is 11.6 Å². The molecule has 2 N–H and O–H groups in total. The van der Waals surface area contributed by atoms with Crippen LogP contribution in [0.5, 0.6) is 0 Å². The number of carbonyl (C=O) groups excluding carboxylic acids is 1. The van der Waals surface area contributed by atoms with Crippen LogP contribution < -0.4 is 5.32 Å². The molecule has 0 atom stereocenters. The van der Waals surface area contributed by atoms with E-state index >= 15 is 0 Å². The molecule has 1 fully saturated rings. The molecule has 0 unspecified atom stereocenters. The second kappa shape index (κ2) is 8.43. The number of nitrogens with zero attached hydrogens (tertiary/aromatic N) is 3. The highest BCUT2D eigenvalue weighted by Crippen LogP contribution is 2.16. The first kappa shape index (κ1) is 20.5. The minimum atomic E-state index is -0.678. The van der Waals surface area contributed by atoms with Gasteiger partial charge in [-0.15, -0.1) is 0 Å². The van der Waals surface area contributed by atoms with Crippen molar-refractivity contribution in [2.45, 2.75) is 39.8 Å². The summed E-state index contributed by atoms with van der Waals surface area (Å²) >= 11 is 0. The van der Waals surface area contributed by atoms with Gasteiger partial charge in [0.05, 0.1) is 12.1 Å². The van der Waals surface area contributed by atoms with E-state index in [0.717, 1.165) is 37.4 Å². The predicted molar refractivity (Wildman–Crippen MR) is 108 cm³/mol. The molecule has 1 amide bonds. The number of anilines is 1. The number of amides is 1. The van der Waals surface area contributed by atoms with Crippen molar-refractivity contribution in [3.8, 4) is 0 Å². The summed E-state index contributed by atoms with van der Waals surface area (Å²) in [6.45, 7) is 12.5. The lowest BCUT2D eigenvalue weighted by Gasteiger charge is -2.36. The normalized spacial score (nSPS) is 16.3. The molecular weight excluding hydrogens is 356 g/mol. The Balaban J connectivity index is 1.51. The van der Waals surface area contributed by atoms with E-state index in [2.05, 4.69) is 20.1 Å². The van der Waals surface area contributed by atoms with E-state index in [1.54, 1.807) is 0 Å². The Morgan fingerprint density at radius 3 is 2.50 bits per heavy atom. The van der Waals surface area contributed by atoms with E-state index in [-0.39, 0.29) is 11.6 Å². The fraction of sp³-hybridized carbons (Fsp3) is 0.524. The predicted octanol–water partition coefficient (Wildman–Crippen LogP) is 2.43. The Bertz CT molecular complexity index is 817. The SMILES string of the molecule is Cc1ccc(NC(=O)c2coc(CN3CCN(CC(C)(C)O)CC3)n2)cc1C. The van der Waals surface area contributed by atoms with Crippen molar-refractivity contribution in [3.05, 3.63) is 47.2 Å². The Kier molecular flexibility index (Phi) is 6.17. The molecular formula is C21H30N4O3. The molecule has 1 saturated heterocycles. The van der Waals surface area contributed by atoms with Crippen LogP contribution >= 0.6 is 0 Å². The smallest absolute Gasteiger partial charge is 0.277 e. The van der Waals surface area contributed by atoms with Crippen molar-refractivity contribution < 1.29 is 14.3 Å². The number of hydrogen-bond acceptors (Lipinski definition) is 6. The van der Waals surface area contributed by atoms with Crippen molar-refractivity contribution in [1.29, 1.82) is 0 Å². The van der Waals surface area contributed by atoms with E-state index in [9.17, 15) is 9.90 Å². The first-order valence-corrected chi connectivity index (χ1v) is 9.70. The molecule has 7 nitrogen and oxygen atoms in total. The monoisotopic (exact) mass is 386 g/mol. The molecule has 0 bridgehead atoms. The topological polar surface area (TPSA) is 81.8 Å². The van der Waals surface area contributed by atoms with Gasteiger partial charge in [0.2, 0.25) is 5.89 Å². The zero-order chi connectivity index (χ0) is 20.3. The summed E-state index contributed by atoms with van der Waals surface area (Å²) in [6.07, 6.45) is 1.41. The Morgan fingerprint density at radius 1 is 1.18 bits per heavy atom. The molecule has 0 saturated carbocycles. The third-order valence-electron chi connectivity index (χ3n) is 4.98. The number of hydrogen-bond donors (Lipinski definition) is 2. The maximum Gasteiger partial charge on any atom is 0.277 e. The van der Waals surface area contributed by atoms with Gasteiger partial charge in [-0.05, 0) is 51.0 Å². The van der Waals surface area contributed by atoms with Gasteiger partial charge >= 0.3 is 0 Å². The van der Waals surface area contributed by atoms with Crippen LogP contribution in [0.2, 0.25) is 0 Å². The number of β-amino-alcohol motifs (C(OH)–C–C–N with tert-alkyl or cyclic N) is 1. The summed E-state index contributed by atoms with van der Waals surface area (Å²) in [5.41, 5.74) is 2.67. The summed E-state index contributed by atoms with van der Waals surface area (Å²) < 4.78 is 5.51. The quantitative estimate of drug-likeness (QED) is 0.794. The number of aromatic nitrogens is 1. The number of rotatable bonds is 6. The van der Waals surface area contributed by atoms with Gasteiger partial charge in [-0.1, -0.05) is 6.07 Å². The number of oxazole rings is 1. The van der Waals surface area contributed by atoms with Crippen LogP contribution in [0.25, 0.3) is 0 Å². The minimum Gasteiger partial charge on any atom is -0.447 e. The number of carbonyl (C=O) groups is 1. The van der Waals surface area contributed by atoms with Gasteiger partial charge in [-0.2, -0.15) is 0 Å². The lowest BCUT2D eigenvalue weighted by molar-refractivity contribution is 0.0156. The van der Waals surface area contributed by atoms with Crippen LogP contribution in [0.15, 0.2) is 28.9 Å². The van der Waals surface area contributed by atoms with E-state index in [1.165, 1.54) is 11.8 Å². The molecule has 2 aromatic rings. The second-order valence-electron chi connectivity index (χ2n) is 8.24. The Hall–Kier alpha value is -2.22. The average molecular weight is 386 g/mol. The van der Waals surface area contributed by atoms with E-state index in [0.29, 0.717) is 19.0 Å². The van der Waals surface area contributed by atoms with Gasteiger partial charge in [0.15, 0.2) is 5.69 Å². The van der Waals surface area contributed by atoms with E-state index in [4.69, 9.17) is 4.42 Å². The molecule has 152 valence electrons. The highest BCUT2D eigenvalue weighted by molar-refractivity contribution is 6.02. The Labute approximate surface area is 166 Å². The third kappa shape index (κ3) is 5.64. The summed E-state index contributed by atoms with van der Waals surface area (Å²) in [6, 6.07) is 5.81. The maximum atomic E-state index is 12.4. The third-order valence-corrected chi connectivity index (χ3v) is 4.98. The van der Waals surface area contributed by atoms with Crippen LogP contribution in [-0.4, -0.2) is 64.1 Å². The van der Waals surface area contributed by atoms with Crippen LogP contribution in [0.4, 0.5) is 5.69 Å². The number of benzene rings is 1. The van der Waals surface area contributed by atoms with Crippen LogP contribution in [-0.2, 0) is 6.54 Å². The van der Waals surface area contributed by atoms with Gasteiger partial charge in [-0.25, -0.2) is 4.98 Å². The molecule has 1 aromatic carbocycles. The first-order chi connectivity index (χ1) is 13.2. The zero-order valence-electron chi connectivity index (χ0n) is 17.2. The largest absolute Gasteiger partial charge is 0.447 e. The van der Waals surface area contributed by atoms with Crippen LogP contribution in [0.3, 0.4) is 0 Å². The molecule has 7 heteroatoms. The van der Waals surface area contributed by atoms with Crippen molar-refractivity contribution in [1.82, 2.24) is 14.8 Å². The number of piperazine rings is 1. The second-order valence-corrected chi connectivity index (χ2v) is 8.24. The van der Waals surface area contributed by atoms with Gasteiger partial charge in [0.1, 0.15) is 6.26 Å². The van der Waals surface area contributed by atoms with Crippen LogP contribution in [0.1, 0.15) is 41.4 Å². The first-order valence-electron chi connectivity index (χ1n) is 9.70. The van der Waals surface area contributed by atoms with Crippen molar-refractivity contribution in [3.63, 3.8) is 0 Å². The Morgan fingerprint density at radius 2 is 1.86 bits per heavy atom. The molecule has 2 heterocycles. The van der Waals surface area contributed by atoms with Crippen LogP contribution in [0, 0.1) is 13.8 Å². The molecule has 3 rings (SSSR count). The molecule has 28 heavy (non-hydrogen) atoms. The van der Waals surface area contributed by atoms with Gasteiger partial charge in [-0.3, -0.25) is 14.6 Å². The van der Waals surface area contributed by atoms with Gasteiger partial charge in [0.25, 0.3) is 5.91 Å². The molecule has 0 aliphatic carbocycles. The highest BCUT2D eigenvalue weighted by atomic mass is 16.3.